The van der Waals surface area contributed by atoms with Gasteiger partial charge in [0.2, 0.25) is 5.91 Å². The number of carbonyl (C=O) groups is 1. The highest BCUT2D eigenvalue weighted by Crippen LogP contribution is 2.65. The van der Waals surface area contributed by atoms with E-state index in [1.807, 2.05) is 13.0 Å². The minimum Gasteiger partial charge on any atom is -0.390 e. The topological polar surface area (TPSA) is 82.8 Å². The number of aliphatic hydroxyl groups excluding tert-OH is 1. The van der Waals surface area contributed by atoms with Crippen LogP contribution in [0.1, 0.15) is 25.3 Å². The molecule has 0 aromatic heterocycles. The third-order valence-corrected chi connectivity index (χ3v) is 7.10. The van der Waals surface area contributed by atoms with Crippen molar-refractivity contribution in [3.05, 3.63) is 27.7 Å². The Kier molecular flexibility index (Phi) is 3.31. The lowest BCUT2D eigenvalue weighted by Gasteiger charge is -2.42. The largest absolute Gasteiger partial charge is 0.390 e. The summed E-state index contributed by atoms with van der Waals surface area (Å²) < 4.78 is 12.2. The molecule has 5 rings (SSSR count). The van der Waals surface area contributed by atoms with E-state index in [0.29, 0.717) is 25.1 Å². The van der Waals surface area contributed by atoms with Gasteiger partial charge in [-0.3, -0.25) is 9.69 Å². The van der Waals surface area contributed by atoms with Crippen molar-refractivity contribution >= 4 is 34.8 Å². The third kappa shape index (κ3) is 1.81. The van der Waals surface area contributed by atoms with Crippen molar-refractivity contribution in [1.82, 2.24) is 0 Å². The lowest BCUT2D eigenvalue weighted by atomic mass is 9.65. The maximum Gasteiger partial charge on any atom is 0.235 e. The van der Waals surface area contributed by atoms with E-state index in [-0.39, 0.29) is 27.4 Å². The van der Waals surface area contributed by atoms with Crippen LogP contribution in [0.25, 0.3) is 0 Å². The number of amides is 1. The lowest BCUT2D eigenvalue weighted by molar-refractivity contribution is -0.142. The van der Waals surface area contributed by atoms with Crippen LogP contribution in [0.2, 0.25) is 10.0 Å². The van der Waals surface area contributed by atoms with Crippen LogP contribution >= 0.6 is 23.2 Å². The first kappa shape index (κ1) is 16.8. The normalized spacial score (nSPS) is 42.9. The number of ether oxygens (including phenoxy) is 2. The molecule has 136 valence electrons. The Morgan fingerprint density at radius 2 is 2.08 bits per heavy atom. The zero-order chi connectivity index (χ0) is 18.4. The summed E-state index contributed by atoms with van der Waals surface area (Å²) in [4.78, 5) is 14.9. The van der Waals surface area contributed by atoms with Gasteiger partial charge in [-0.25, -0.2) is 0 Å². The van der Waals surface area contributed by atoms with Gasteiger partial charge < -0.3 is 14.6 Å². The number of hydrogen-bond donors (Lipinski definition) is 1. The average molecular weight is 395 g/mol. The summed E-state index contributed by atoms with van der Waals surface area (Å²) in [6.07, 6.45) is 0.00333. The fourth-order valence-electron chi connectivity index (χ4n) is 5.40. The van der Waals surface area contributed by atoms with Crippen LogP contribution in [0.15, 0.2) is 12.1 Å². The number of nitrogens with zero attached hydrogens (tertiary/aromatic N) is 2. The highest BCUT2D eigenvalue weighted by molar-refractivity contribution is 6.37. The highest BCUT2D eigenvalue weighted by Gasteiger charge is 2.77. The molecule has 6 nitrogen and oxygen atoms in total. The van der Waals surface area contributed by atoms with Crippen molar-refractivity contribution in [3.8, 4) is 6.07 Å². The second-order valence-corrected chi connectivity index (χ2v) is 8.50. The maximum atomic E-state index is 13.3. The zero-order valence-electron chi connectivity index (χ0n) is 13.9. The molecule has 2 bridgehead atoms. The molecule has 1 spiro atoms. The Hall–Kier alpha value is -1.36. The van der Waals surface area contributed by atoms with E-state index in [1.165, 1.54) is 0 Å². The average Bonchev–Trinajstić information content (AvgIpc) is 3.11. The molecular weight excluding hydrogens is 379 g/mol. The molecule has 4 aliphatic rings. The molecule has 6 atom stereocenters. The van der Waals surface area contributed by atoms with E-state index in [9.17, 15) is 9.90 Å². The van der Waals surface area contributed by atoms with Gasteiger partial charge in [-0.1, -0.05) is 23.2 Å². The Morgan fingerprint density at radius 1 is 1.38 bits per heavy atom. The number of nitriles is 1. The first-order valence-corrected chi connectivity index (χ1v) is 9.30. The number of halogens is 2. The van der Waals surface area contributed by atoms with E-state index in [1.54, 1.807) is 17.0 Å². The Labute approximate surface area is 160 Å². The predicted molar refractivity (Wildman–Crippen MR) is 92.8 cm³/mol. The van der Waals surface area contributed by atoms with Crippen LogP contribution in [0.3, 0.4) is 0 Å². The second kappa shape index (κ2) is 5.12. The predicted octanol–water partition coefficient (Wildman–Crippen LogP) is 2.48. The number of benzene rings is 1. The highest BCUT2D eigenvalue weighted by atomic mass is 35.5. The van der Waals surface area contributed by atoms with Crippen molar-refractivity contribution < 1.29 is 19.4 Å². The molecule has 1 aromatic carbocycles. The van der Waals surface area contributed by atoms with Gasteiger partial charge in [-0.15, -0.1) is 0 Å². The SMILES string of the molecule is C[C@]12O[C@@]3(CCO[C@H]4[C@@H]3[C@@H]1C(=O)N4c1cc(Cl)c(C#N)c(Cl)c1)C[C@@H]2O. The van der Waals surface area contributed by atoms with Crippen molar-refractivity contribution in [3.63, 3.8) is 0 Å². The smallest absolute Gasteiger partial charge is 0.235 e. The molecule has 0 radical (unpaired) electrons. The number of anilines is 1. The van der Waals surface area contributed by atoms with Crippen LogP contribution in [-0.4, -0.2) is 41.2 Å². The molecule has 1 amide bonds. The minimum atomic E-state index is -0.914. The van der Waals surface area contributed by atoms with Crippen LogP contribution in [0.5, 0.6) is 0 Å². The molecule has 4 aliphatic heterocycles. The number of hydrogen-bond acceptors (Lipinski definition) is 5. The maximum absolute atomic E-state index is 13.3. The van der Waals surface area contributed by atoms with Crippen molar-refractivity contribution in [2.24, 2.45) is 11.8 Å². The van der Waals surface area contributed by atoms with E-state index in [2.05, 4.69) is 0 Å². The summed E-state index contributed by atoms with van der Waals surface area (Å²) >= 11 is 12.4. The van der Waals surface area contributed by atoms with Crippen molar-refractivity contribution in [2.75, 3.05) is 11.5 Å². The summed E-state index contributed by atoms with van der Waals surface area (Å²) in [7, 11) is 0. The molecule has 26 heavy (non-hydrogen) atoms. The van der Waals surface area contributed by atoms with Gasteiger partial charge in [0.15, 0.2) is 0 Å². The summed E-state index contributed by atoms with van der Waals surface area (Å²) in [5, 5.41) is 20.1. The Balaban J connectivity index is 1.64. The zero-order valence-corrected chi connectivity index (χ0v) is 15.4. The molecule has 4 heterocycles. The number of rotatable bonds is 1. The van der Waals surface area contributed by atoms with E-state index >= 15 is 0 Å². The summed E-state index contributed by atoms with van der Waals surface area (Å²) in [5.74, 6) is -0.794. The van der Waals surface area contributed by atoms with Gasteiger partial charge in [-0.05, 0) is 19.1 Å². The first-order chi connectivity index (χ1) is 12.3. The van der Waals surface area contributed by atoms with Crippen molar-refractivity contribution in [1.29, 1.82) is 5.26 Å². The van der Waals surface area contributed by atoms with Gasteiger partial charge in [0.25, 0.3) is 0 Å². The number of aliphatic hydroxyl groups is 1. The molecule has 4 fully saturated rings. The molecule has 1 aromatic rings. The molecule has 1 N–H and O–H groups in total. The molecule has 0 saturated carbocycles. The van der Waals surface area contributed by atoms with Gasteiger partial charge >= 0.3 is 0 Å². The second-order valence-electron chi connectivity index (χ2n) is 7.69. The van der Waals surface area contributed by atoms with Gasteiger partial charge in [0.1, 0.15) is 17.9 Å². The van der Waals surface area contributed by atoms with Gasteiger partial charge in [-0.2, -0.15) is 5.26 Å². The minimum absolute atomic E-state index is 0.148. The molecular formula is C18H16Cl2N2O4. The van der Waals surface area contributed by atoms with Crippen molar-refractivity contribution in [2.45, 2.75) is 43.3 Å². The standard InChI is InChI=1S/C18H16Cl2N2O4/c1-17-12(23)6-18(26-17)2-3-25-16-14(18)13(17)15(24)22(16)8-4-10(19)9(7-21)11(20)5-8/h4-5,12-14,16,23H,2-3,6H2,1H3/t12-,13+,14-,16-,17+,18-/m0/s1. The van der Waals surface area contributed by atoms with E-state index in [0.717, 1.165) is 0 Å². The monoisotopic (exact) mass is 394 g/mol. The third-order valence-electron chi connectivity index (χ3n) is 6.50. The quantitative estimate of drug-likeness (QED) is 0.790. The first-order valence-electron chi connectivity index (χ1n) is 8.54. The van der Waals surface area contributed by atoms with E-state index in [4.69, 9.17) is 37.9 Å². The lowest BCUT2D eigenvalue weighted by Crippen LogP contribution is -2.53. The molecule has 0 unspecified atom stereocenters. The van der Waals surface area contributed by atoms with Crippen LogP contribution in [0, 0.1) is 23.2 Å². The Bertz CT molecular complexity index is 863. The molecule has 0 aliphatic carbocycles. The van der Waals surface area contributed by atoms with Crippen LogP contribution in [0.4, 0.5) is 5.69 Å². The number of fused-ring (bicyclic) bond motifs is 2. The van der Waals surface area contributed by atoms with Gasteiger partial charge in [0, 0.05) is 24.4 Å². The van der Waals surface area contributed by atoms with Crippen LogP contribution in [-0.2, 0) is 14.3 Å². The fraction of sp³-hybridized carbons (Fsp3) is 0.556. The van der Waals surface area contributed by atoms with E-state index < -0.39 is 29.5 Å². The summed E-state index contributed by atoms with van der Waals surface area (Å²) in [6.45, 7) is 2.25. The fourth-order valence-corrected chi connectivity index (χ4v) is 5.96. The summed E-state index contributed by atoms with van der Waals surface area (Å²) in [6, 6.07) is 5.09. The van der Waals surface area contributed by atoms with Gasteiger partial charge in [0.05, 0.1) is 39.8 Å². The van der Waals surface area contributed by atoms with Crippen LogP contribution < -0.4 is 4.90 Å². The molecule has 8 heteroatoms. The summed E-state index contributed by atoms with van der Waals surface area (Å²) in [5.41, 5.74) is -0.775. The number of carbonyl (C=O) groups excluding carboxylic acids is 1. The molecule has 4 saturated heterocycles. The Morgan fingerprint density at radius 3 is 2.73 bits per heavy atom.